The number of fused-ring (bicyclic) bond motifs is 2. The van der Waals surface area contributed by atoms with E-state index in [0.717, 1.165) is 95.2 Å². The number of nitrogen functional groups attached to an aromatic ring is 1. The van der Waals surface area contributed by atoms with Crippen molar-refractivity contribution in [2.45, 2.75) is 51.5 Å². The number of nitrogens with zero attached hydrogens (tertiary/aromatic N) is 5. The van der Waals surface area contributed by atoms with Crippen molar-refractivity contribution in [2.24, 2.45) is 17.6 Å². The Morgan fingerprint density at radius 1 is 0.907 bits per heavy atom. The third kappa shape index (κ3) is 5.25. The highest BCUT2D eigenvalue weighted by atomic mass is 16.1. The highest BCUT2D eigenvalue weighted by Crippen LogP contribution is 2.41. The van der Waals surface area contributed by atoms with Crippen LogP contribution in [0.25, 0.3) is 44.3 Å². The van der Waals surface area contributed by atoms with Gasteiger partial charge in [0.25, 0.3) is 0 Å². The van der Waals surface area contributed by atoms with E-state index in [1.807, 2.05) is 18.2 Å². The molecule has 0 radical (unpaired) electrons. The number of primary amides is 1. The van der Waals surface area contributed by atoms with Gasteiger partial charge in [0, 0.05) is 41.2 Å². The van der Waals surface area contributed by atoms with Gasteiger partial charge in [-0.05, 0) is 81.6 Å². The van der Waals surface area contributed by atoms with E-state index in [-0.39, 0.29) is 11.8 Å². The lowest BCUT2D eigenvalue weighted by molar-refractivity contribution is -0.123. The van der Waals surface area contributed by atoms with Crippen LogP contribution in [0.5, 0.6) is 0 Å². The highest BCUT2D eigenvalue weighted by Gasteiger charge is 2.29. The van der Waals surface area contributed by atoms with E-state index in [9.17, 15) is 4.79 Å². The summed E-state index contributed by atoms with van der Waals surface area (Å²) in [5.74, 6) is 1.09. The van der Waals surface area contributed by atoms with Crippen LogP contribution in [-0.2, 0) is 4.79 Å². The maximum atomic E-state index is 11.6. The van der Waals surface area contributed by atoms with Gasteiger partial charge in [0.1, 0.15) is 17.8 Å². The van der Waals surface area contributed by atoms with Crippen molar-refractivity contribution in [3.63, 3.8) is 0 Å². The summed E-state index contributed by atoms with van der Waals surface area (Å²) < 4.78 is 2.36. The van der Waals surface area contributed by atoms with Crippen molar-refractivity contribution >= 4 is 33.7 Å². The maximum absolute atomic E-state index is 11.6. The Hall–Kier alpha value is -4.30. The zero-order valence-electron chi connectivity index (χ0n) is 24.7. The Morgan fingerprint density at radius 2 is 1.65 bits per heavy atom. The number of pyridine rings is 1. The number of likely N-dealkylation sites (tertiary alicyclic amines) is 1. The number of aryl methyl sites for hydroxylation is 1. The largest absolute Gasteiger partial charge is 0.383 e. The zero-order chi connectivity index (χ0) is 29.5. The Bertz CT molecular complexity index is 1780. The Labute approximate surface area is 252 Å². The molecule has 1 amide bonds. The average molecular weight is 574 g/mol. The molecule has 2 aliphatic rings. The van der Waals surface area contributed by atoms with Crippen LogP contribution in [0.4, 0.5) is 5.82 Å². The number of aromatic nitrogens is 4. The van der Waals surface area contributed by atoms with Gasteiger partial charge in [0.15, 0.2) is 0 Å². The zero-order valence-corrected chi connectivity index (χ0v) is 24.7. The van der Waals surface area contributed by atoms with Crippen LogP contribution in [0.15, 0.2) is 67.1 Å². The van der Waals surface area contributed by atoms with Gasteiger partial charge in [0.05, 0.1) is 16.6 Å². The van der Waals surface area contributed by atoms with Crippen molar-refractivity contribution in [1.29, 1.82) is 0 Å². The predicted molar refractivity (Wildman–Crippen MR) is 172 cm³/mol. The molecule has 220 valence electrons. The summed E-state index contributed by atoms with van der Waals surface area (Å²) >= 11 is 0. The van der Waals surface area contributed by atoms with Crippen LogP contribution >= 0.6 is 0 Å². The van der Waals surface area contributed by atoms with Crippen molar-refractivity contribution in [3.05, 3.63) is 72.7 Å². The second-order valence-corrected chi connectivity index (χ2v) is 12.4. The quantitative estimate of drug-likeness (QED) is 0.252. The molecule has 8 nitrogen and oxygen atoms in total. The first kappa shape index (κ1) is 27.5. The fraction of sp³-hybridized carbons (Fsp3) is 0.371. The molecule has 1 aliphatic carbocycles. The van der Waals surface area contributed by atoms with Gasteiger partial charge < -0.3 is 20.9 Å². The molecule has 4 N–H and O–H groups in total. The van der Waals surface area contributed by atoms with E-state index in [1.54, 1.807) is 6.33 Å². The second-order valence-electron chi connectivity index (χ2n) is 12.4. The van der Waals surface area contributed by atoms with Crippen LogP contribution < -0.4 is 11.5 Å². The second kappa shape index (κ2) is 11.4. The van der Waals surface area contributed by atoms with Crippen LogP contribution in [0.2, 0.25) is 0 Å². The summed E-state index contributed by atoms with van der Waals surface area (Å²) in [7, 11) is 0. The lowest BCUT2D eigenvalue weighted by Gasteiger charge is -2.36. The van der Waals surface area contributed by atoms with E-state index in [1.165, 1.54) is 12.8 Å². The molecule has 2 aromatic carbocycles. The molecule has 5 aromatic rings. The van der Waals surface area contributed by atoms with Crippen LogP contribution in [0.1, 0.15) is 50.1 Å². The number of anilines is 1. The molecule has 0 atom stereocenters. The molecule has 3 aromatic heterocycles. The molecule has 1 saturated carbocycles. The molecule has 0 bridgehead atoms. The molecule has 1 aliphatic heterocycles. The number of carbonyl (C=O) groups excluding carboxylic acids is 1. The molecule has 7 rings (SSSR count). The SMILES string of the molecule is Cc1c(-c2cn(C3CCC(CN4CCC(C(N)=O)CC4)CC3)c3ncnc(N)c23)ccc2ccc(-c3ccccc3)nc12. The summed E-state index contributed by atoms with van der Waals surface area (Å²) in [6, 6.07) is 19.3. The van der Waals surface area contributed by atoms with E-state index in [4.69, 9.17) is 21.4 Å². The molecule has 43 heavy (non-hydrogen) atoms. The molecule has 0 spiro atoms. The Morgan fingerprint density at radius 3 is 2.40 bits per heavy atom. The predicted octanol–water partition coefficient (Wildman–Crippen LogP) is 6.13. The van der Waals surface area contributed by atoms with Gasteiger partial charge in [-0.1, -0.05) is 48.5 Å². The molecular weight excluding hydrogens is 534 g/mol. The monoisotopic (exact) mass is 573 g/mol. The number of amides is 1. The summed E-state index contributed by atoms with van der Waals surface area (Å²) in [5.41, 5.74) is 19.4. The van der Waals surface area contributed by atoms with Gasteiger partial charge >= 0.3 is 0 Å². The van der Waals surface area contributed by atoms with Gasteiger partial charge in [-0.3, -0.25) is 4.79 Å². The lowest BCUT2D eigenvalue weighted by Crippen LogP contribution is -2.41. The van der Waals surface area contributed by atoms with Gasteiger partial charge in [0.2, 0.25) is 5.91 Å². The minimum absolute atomic E-state index is 0.0468. The van der Waals surface area contributed by atoms with Gasteiger partial charge in [-0.15, -0.1) is 0 Å². The van der Waals surface area contributed by atoms with Crippen LogP contribution in [0.3, 0.4) is 0 Å². The minimum atomic E-state index is -0.144. The molecule has 0 unspecified atom stereocenters. The number of rotatable bonds is 6. The van der Waals surface area contributed by atoms with E-state index in [0.29, 0.717) is 17.8 Å². The maximum Gasteiger partial charge on any atom is 0.220 e. The smallest absolute Gasteiger partial charge is 0.220 e. The van der Waals surface area contributed by atoms with Crippen molar-refractivity contribution in [3.8, 4) is 22.4 Å². The summed E-state index contributed by atoms with van der Waals surface area (Å²) in [6.45, 7) is 5.21. The summed E-state index contributed by atoms with van der Waals surface area (Å²) in [5, 5.41) is 2.04. The third-order valence-corrected chi connectivity index (χ3v) is 9.83. The van der Waals surface area contributed by atoms with E-state index < -0.39 is 0 Å². The summed E-state index contributed by atoms with van der Waals surface area (Å²) in [4.78, 5) is 28.3. The Kier molecular flexibility index (Phi) is 7.31. The van der Waals surface area contributed by atoms with Crippen molar-refractivity contribution in [2.75, 3.05) is 25.4 Å². The van der Waals surface area contributed by atoms with Gasteiger partial charge in [-0.25, -0.2) is 15.0 Å². The first-order valence-electron chi connectivity index (χ1n) is 15.5. The number of hydrogen-bond donors (Lipinski definition) is 2. The third-order valence-electron chi connectivity index (χ3n) is 9.83. The average Bonchev–Trinajstić information content (AvgIpc) is 3.43. The fourth-order valence-corrected chi connectivity index (χ4v) is 7.35. The molecule has 2 fully saturated rings. The number of carbonyl (C=O) groups is 1. The number of nitrogens with two attached hydrogens (primary N) is 2. The number of benzene rings is 2. The van der Waals surface area contributed by atoms with E-state index in [2.05, 4.69) is 64.0 Å². The van der Waals surface area contributed by atoms with Gasteiger partial charge in [-0.2, -0.15) is 0 Å². The minimum Gasteiger partial charge on any atom is -0.383 e. The Balaban J connectivity index is 1.16. The van der Waals surface area contributed by atoms with Crippen molar-refractivity contribution < 1.29 is 4.79 Å². The van der Waals surface area contributed by atoms with Crippen LogP contribution in [-0.4, -0.2) is 50.0 Å². The number of hydrogen-bond acceptors (Lipinski definition) is 6. The first-order valence-corrected chi connectivity index (χ1v) is 15.5. The van der Waals surface area contributed by atoms with E-state index >= 15 is 0 Å². The highest BCUT2D eigenvalue weighted by molar-refractivity contribution is 6.03. The lowest BCUT2D eigenvalue weighted by atomic mass is 9.85. The fourth-order valence-electron chi connectivity index (χ4n) is 7.35. The summed E-state index contributed by atoms with van der Waals surface area (Å²) in [6.07, 6.45) is 10.2. The topological polar surface area (TPSA) is 116 Å². The normalized spacial score (nSPS) is 20.1. The molecule has 1 saturated heterocycles. The molecule has 8 heteroatoms. The molecule has 4 heterocycles. The first-order chi connectivity index (χ1) is 21.0. The standard InChI is InChI=1S/C35H39N7O/c1-22-28(13-9-25-10-14-30(40-32(22)25)24-5-3-2-4-6-24)29-20-42(35-31(29)33(36)38-21-39-35)27-11-7-23(8-12-27)19-41-17-15-26(16-18-41)34(37)43/h2-6,9-10,13-14,20-21,23,26-27H,7-8,11-12,15-19H2,1H3,(H2,37,43)(H2,36,38,39). The molecular formula is C35H39N7O. The van der Waals surface area contributed by atoms with Crippen molar-refractivity contribution in [1.82, 2.24) is 24.4 Å². The van der Waals surface area contributed by atoms with Crippen LogP contribution in [0, 0.1) is 18.8 Å². The number of piperidine rings is 1.